The largest absolute Gasteiger partial charge is 0.486 e. The Morgan fingerprint density at radius 2 is 1.50 bits per heavy atom. The molecule has 4 aromatic rings. The fourth-order valence-corrected chi connectivity index (χ4v) is 3.17. The zero-order chi connectivity index (χ0) is 25.7. The molecule has 11 nitrogen and oxygen atoms in total. The number of carbonyl (C=O) groups is 1. The van der Waals surface area contributed by atoms with Gasteiger partial charge in [0.15, 0.2) is 5.76 Å². The van der Waals surface area contributed by atoms with Gasteiger partial charge in [-0.1, -0.05) is 11.6 Å². The van der Waals surface area contributed by atoms with Gasteiger partial charge in [-0.15, -0.1) is 0 Å². The van der Waals surface area contributed by atoms with Crippen LogP contribution < -0.4 is 14.8 Å². The lowest BCUT2D eigenvalue weighted by atomic mass is 10.2. The van der Waals surface area contributed by atoms with E-state index in [-0.39, 0.29) is 35.2 Å². The molecule has 0 radical (unpaired) electrons. The molecule has 12 heteroatoms. The van der Waals surface area contributed by atoms with Gasteiger partial charge in [-0.2, -0.15) is 0 Å². The number of nitro groups is 2. The number of ether oxygens (including phenoxy) is 2. The first-order chi connectivity index (χ1) is 17.3. The molecule has 1 amide bonds. The van der Waals surface area contributed by atoms with Crippen molar-refractivity contribution in [3.8, 4) is 17.2 Å². The molecule has 1 aromatic heterocycles. The second-order valence-corrected chi connectivity index (χ2v) is 7.72. The first kappa shape index (κ1) is 24.2. The number of nitrogens with one attached hydrogen (secondary N) is 1. The standard InChI is InChI=1S/C24H16ClN3O8/c25-15-1-5-20(6-2-15)35-22-12-16(11-18(13-22)28(32)33)26-24(29)23-10-9-21(36-23)14-34-19-7-3-17(4-8-19)27(30)31/h1-13H,14H2,(H,26,29). The van der Waals surface area contributed by atoms with E-state index in [0.717, 1.165) is 0 Å². The van der Waals surface area contributed by atoms with Gasteiger partial charge in [0.2, 0.25) is 0 Å². The third-order valence-electron chi connectivity index (χ3n) is 4.72. The number of rotatable bonds is 9. The fourth-order valence-electron chi connectivity index (χ4n) is 3.05. The zero-order valence-electron chi connectivity index (χ0n) is 18.3. The third kappa shape index (κ3) is 6.15. The van der Waals surface area contributed by atoms with Crippen molar-refractivity contribution >= 4 is 34.6 Å². The highest BCUT2D eigenvalue weighted by Gasteiger charge is 2.16. The number of nitrogens with zero attached hydrogens (tertiary/aromatic N) is 2. The van der Waals surface area contributed by atoms with E-state index in [0.29, 0.717) is 22.3 Å². The van der Waals surface area contributed by atoms with Gasteiger partial charge >= 0.3 is 0 Å². The Morgan fingerprint density at radius 3 is 2.17 bits per heavy atom. The van der Waals surface area contributed by atoms with Crippen LogP contribution in [-0.4, -0.2) is 15.8 Å². The molecule has 0 saturated carbocycles. The second-order valence-electron chi connectivity index (χ2n) is 7.29. The summed E-state index contributed by atoms with van der Waals surface area (Å²) in [7, 11) is 0. The number of non-ortho nitro benzene ring substituents is 2. The van der Waals surface area contributed by atoms with E-state index >= 15 is 0 Å². The first-order valence-electron chi connectivity index (χ1n) is 10.3. The average Bonchev–Trinajstić information content (AvgIpc) is 3.33. The number of hydrogen-bond acceptors (Lipinski definition) is 8. The molecule has 0 fully saturated rings. The molecule has 0 saturated heterocycles. The fraction of sp³-hybridized carbons (Fsp3) is 0.0417. The van der Waals surface area contributed by atoms with Crippen LogP contribution in [0.15, 0.2) is 83.3 Å². The minimum atomic E-state index is -0.644. The van der Waals surface area contributed by atoms with Crippen molar-refractivity contribution in [2.24, 2.45) is 0 Å². The molecule has 1 heterocycles. The predicted molar refractivity (Wildman–Crippen MR) is 129 cm³/mol. The van der Waals surface area contributed by atoms with Crippen LogP contribution in [0.5, 0.6) is 17.2 Å². The molecule has 4 rings (SSSR count). The SMILES string of the molecule is O=C(Nc1cc(Oc2ccc(Cl)cc2)cc([N+](=O)[O-])c1)c1ccc(COc2ccc([N+](=O)[O-])cc2)o1. The summed E-state index contributed by atoms with van der Waals surface area (Å²) >= 11 is 5.86. The van der Waals surface area contributed by atoms with Gasteiger partial charge in [-0.25, -0.2) is 0 Å². The quantitative estimate of drug-likeness (QED) is 0.202. The minimum absolute atomic E-state index is 0.0268. The number of nitro benzene ring substituents is 2. The van der Waals surface area contributed by atoms with E-state index in [4.69, 9.17) is 25.5 Å². The van der Waals surface area contributed by atoms with Crippen LogP contribution in [0.2, 0.25) is 5.02 Å². The Labute approximate surface area is 208 Å². The molecular formula is C24H16ClN3O8. The van der Waals surface area contributed by atoms with Crippen LogP contribution in [0.25, 0.3) is 0 Å². The van der Waals surface area contributed by atoms with E-state index in [1.807, 2.05) is 0 Å². The highest BCUT2D eigenvalue weighted by molar-refractivity contribution is 6.30. The van der Waals surface area contributed by atoms with E-state index in [9.17, 15) is 25.0 Å². The molecular weight excluding hydrogens is 494 g/mol. The highest BCUT2D eigenvalue weighted by atomic mass is 35.5. The maximum Gasteiger partial charge on any atom is 0.291 e. The van der Waals surface area contributed by atoms with Crippen molar-refractivity contribution in [2.45, 2.75) is 6.61 Å². The molecule has 0 spiro atoms. The summed E-state index contributed by atoms with van der Waals surface area (Å²) < 4.78 is 16.7. The van der Waals surface area contributed by atoms with Crippen LogP contribution in [0.3, 0.4) is 0 Å². The number of halogens is 1. The summed E-state index contributed by atoms with van der Waals surface area (Å²) in [6.45, 7) is -0.0268. The Bertz CT molecular complexity index is 1420. The molecule has 0 atom stereocenters. The monoisotopic (exact) mass is 509 g/mol. The van der Waals surface area contributed by atoms with Crippen molar-refractivity contribution in [2.75, 3.05) is 5.32 Å². The molecule has 0 bridgehead atoms. The van der Waals surface area contributed by atoms with Crippen LogP contribution >= 0.6 is 11.6 Å². The van der Waals surface area contributed by atoms with Crippen molar-refractivity contribution in [1.29, 1.82) is 0 Å². The van der Waals surface area contributed by atoms with Crippen molar-refractivity contribution in [3.63, 3.8) is 0 Å². The lowest BCUT2D eigenvalue weighted by molar-refractivity contribution is -0.385. The van der Waals surface area contributed by atoms with E-state index < -0.39 is 15.8 Å². The van der Waals surface area contributed by atoms with Gasteiger partial charge < -0.3 is 19.2 Å². The maximum absolute atomic E-state index is 12.7. The summed E-state index contributed by atoms with van der Waals surface area (Å²) in [6.07, 6.45) is 0. The van der Waals surface area contributed by atoms with Gasteiger partial charge in [0.05, 0.1) is 21.6 Å². The smallest absolute Gasteiger partial charge is 0.291 e. The highest BCUT2D eigenvalue weighted by Crippen LogP contribution is 2.30. The van der Waals surface area contributed by atoms with E-state index in [1.54, 1.807) is 24.3 Å². The average molecular weight is 510 g/mol. The van der Waals surface area contributed by atoms with Crippen molar-refractivity contribution in [3.05, 3.63) is 116 Å². The normalized spacial score (nSPS) is 10.5. The maximum atomic E-state index is 12.7. The molecule has 1 N–H and O–H groups in total. The summed E-state index contributed by atoms with van der Waals surface area (Å²) in [5.41, 5.74) is -0.228. The Hall–Kier alpha value is -4.90. The number of furan rings is 1. The molecule has 0 aliphatic rings. The van der Waals surface area contributed by atoms with Crippen LogP contribution in [0.1, 0.15) is 16.3 Å². The van der Waals surface area contributed by atoms with Crippen molar-refractivity contribution in [1.82, 2.24) is 0 Å². The van der Waals surface area contributed by atoms with Gasteiger partial charge in [-0.05, 0) is 48.5 Å². The van der Waals surface area contributed by atoms with Crippen LogP contribution in [-0.2, 0) is 6.61 Å². The number of hydrogen-bond donors (Lipinski definition) is 1. The van der Waals surface area contributed by atoms with Gasteiger partial charge in [0, 0.05) is 29.3 Å². The van der Waals surface area contributed by atoms with Crippen LogP contribution in [0, 0.1) is 20.2 Å². The summed E-state index contributed by atoms with van der Waals surface area (Å²) in [5, 5.41) is 25.1. The molecule has 182 valence electrons. The molecule has 36 heavy (non-hydrogen) atoms. The lowest BCUT2D eigenvalue weighted by Gasteiger charge is -2.09. The number of carbonyl (C=O) groups excluding carboxylic acids is 1. The summed E-state index contributed by atoms with van der Waals surface area (Å²) in [4.78, 5) is 33.6. The van der Waals surface area contributed by atoms with Gasteiger partial charge in [-0.3, -0.25) is 25.0 Å². The molecule has 3 aromatic carbocycles. The second kappa shape index (κ2) is 10.6. The molecule has 0 aliphatic carbocycles. The Morgan fingerprint density at radius 1 is 0.833 bits per heavy atom. The van der Waals surface area contributed by atoms with Crippen LogP contribution in [0.4, 0.5) is 17.1 Å². The Kier molecular flexibility index (Phi) is 7.12. The molecule has 0 unspecified atom stereocenters. The summed E-state index contributed by atoms with van der Waals surface area (Å²) in [6, 6.07) is 18.7. The third-order valence-corrected chi connectivity index (χ3v) is 4.98. The lowest BCUT2D eigenvalue weighted by Crippen LogP contribution is -2.11. The first-order valence-corrected chi connectivity index (χ1v) is 10.6. The molecule has 0 aliphatic heterocycles. The number of benzene rings is 3. The van der Waals surface area contributed by atoms with E-state index in [1.165, 1.54) is 54.6 Å². The Balaban J connectivity index is 1.43. The van der Waals surface area contributed by atoms with E-state index in [2.05, 4.69) is 5.32 Å². The van der Waals surface area contributed by atoms with Crippen molar-refractivity contribution < 1.29 is 28.5 Å². The zero-order valence-corrected chi connectivity index (χ0v) is 19.0. The number of amides is 1. The topological polar surface area (TPSA) is 147 Å². The van der Waals surface area contributed by atoms with Gasteiger partial charge in [0.25, 0.3) is 17.3 Å². The number of anilines is 1. The van der Waals surface area contributed by atoms with Gasteiger partial charge in [0.1, 0.15) is 29.6 Å². The summed E-state index contributed by atoms with van der Waals surface area (Å²) in [5.74, 6) is 0.551. The predicted octanol–water partition coefficient (Wildman–Crippen LogP) is 6.37. The minimum Gasteiger partial charge on any atom is -0.486 e.